The highest BCUT2D eigenvalue weighted by Gasteiger charge is 2.09. The van der Waals surface area contributed by atoms with Gasteiger partial charge in [-0.2, -0.15) is 4.39 Å². The van der Waals surface area contributed by atoms with E-state index < -0.39 is 11.9 Å². The topological polar surface area (TPSA) is 42.0 Å². The molecule has 5 heteroatoms. The van der Waals surface area contributed by atoms with Gasteiger partial charge in [0.1, 0.15) is 0 Å². The summed E-state index contributed by atoms with van der Waals surface area (Å²) < 4.78 is 12.9. The summed E-state index contributed by atoms with van der Waals surface area (Å²) in [4.78, 5) is 15.2. The molecule has 1 amide bonds. The Kier molecular flexibility index (Phi) is 3.58. The van der Waals surface area contributed by atoms with Crippen LogP contribution in [0, 0.1) is 12.9 Å². The first kappa shape index (κ1) is 12.5. The number of carbonyl (C=O) groups excluding carboxylic acids is 1. The van der Waals surface area contributed by atoms with E-state index in [4.69, 9.17) is 11.6 Å². The zero-order valence-electron chi connectivity index (χ0n) is 9.58. The van der Waals surface area contributed by atoms with E-state index in [1.807, 2.05) is 13.0 Å². The average molecular weight is 265 g/mol. The van der Waals surface area contributed by atoms with Gasteiger partial charge in [-0.15, -0.1) is 0 Å². The van der Waals surface area contributed by atoms with Crippen molar-refractivity contribution in [3.05, 3.63) is 58.6 Å². The molecule has 0 fully saturated rings. The van der Waals surface area contributed by atoms with Crippen molar-refractivity contribution in [2.75, 3.05) is 5.32 Å². The first-order valence-electron chi connectivity index (χ1n) is 5.25. The zero-order chi connectivity index (χ0) is 13.1. The number of benzene rings is 1. The fraction of sp³-hybridized carbons (Fsp3) is 0.0769. The maximum Gasteiger partial charge on any atom is 0.255 e. The smallest absolute Gasteiger partial charge is 0.255 e. The minimum atomic E-state index is -0.697. The quantitative estimate of drug-likeness (QED) is 0.845. The van der Waals surface area contributed by atoms with Gasteiger partial charge in [0.2, 0.25) is 5.95 Å². The summed E-state index contributed by atoms with van der Waals surface area (Å²) in [6, 6.07) is 7.77. The molecular weight excluding hydrogens is 255 g/mol. The van der Waals surface area contributed by atoms with Crippen molar-refractivity contribution < 1.29 is 9.18 Å². The number of aryl methyl sites for hydroxylation is 1. The van der Waals surface area contributed by atoms with Crippen LogP contribution in [0.3, 0.4) is 0 Å². The summed E-state index contributed by atoms with van der Waals surface area (Å²) in [6.45, 7) is 1.90. The number of aromatic nitrogens is 1. The predicted octanol–water partition coefficient (Wildman–Crippen LogP) is 3.43. The number of hydrogen-bond acceptors (Lipinski definition) is 2. The largest absolute Gasteiger partial charge is 0.321 e. The fourth-order valence-corrected chi connectivity index (χ4v) is 1.74. The van der Waals surface area contributed by atoms with Crippen LogP contribution < -0.4 is 5.32 Å². The second kappa shape index (κ2) is 5.14. The Morgan fingerprint density at radius 1 is 1.33 bits per heavy atom. The Balaban J connectivity index is 2.21. The molecule has 0 radical (unpaired) electrons. The molecule has 2 aromatic rings. The van der Waals surface area contributed by atoms with Gasteiger partial charge in [0.15, 0.2) is 0 Å². The Hall–Kier alpha value is -1.94. The minimum Gasteiger partial charge on any atom is -0.321 e. The lowest BCUT2D eigenvalue weighted by atomic mass is 10.2. The SMILES string of the molecule is Cc1ccc(NC(=O)c2ccnc(F)c2)c(Cl)c1. The highest BCUT2D eigenvalue weighted by Crippen LogP contribution is 2.23. The van der Waals surface area contributed by atoms with Crippen molar-refractivity contribution in [3.63, 3.8) is 0 Å². The summed E-state index contributed by atoms with van der Waals surface area (Å²) in [5.41, 5.74) is 1.68. The van der Waals surface area contributed by atoms with Gasteiger partial charge in [0, 0.05) is 17.8 Å². The fourth-order valence-electron chi connectivity index (χ4n) is 1.46. The molecule has 0 aliphatic carbocycles. The summed E-state index contributed by atoms with van der Waals surface area (Å²) in [6.07, 6.45) is 1.24. The lowest BCUT2D eigenvalue weighted by Crippen LogP contribution is -2.12. The van der Waals surface area contributed by atoms with Gasteiger partial charge >= 0.3 is 0 Å². The molecule has 0 atom stereocenters. The Bertz CT molecular complexity index is 601. The predicted molar refractivity (Wildman–Crippen MR) is 68.3 cm³/mol. The van der Waals surface area contributed by atoms with Crippen molar-refractivity contribution in [2.24, 2.45) is 0 Å². The lowest BCUT2D eigenvalue weighted by molar-refractivity contribution is 0.102. The molecular formula is C13H10ClFN2O. The first-order valence-corrected chi connectivity index (χ1v) is 5.63. The molecule has 2 rings (SSSR count). The molecule has 1 aromatic carbocycles. The first-order chi connectivity index (χ1) is 8.56. The number of hydrogen-bond donors (Lipinski definition) is 1. The number of rotatable bonds is 2. The van der Waals surface area contributed by atoms with Crippen molar-refractivity contribution in [3.8, 4) is 0 Å². The number of anilines is 1. The highest BCUT2D eigenvalue weighted by molar-refractivity contribution is 6.34. The molecule has 0 bridgehead atoms. The molecule has 1 aromatic heterocycles. The van der Waals surface area contributed by atoms with Gasteiger partial charge < -0.3 is 5.32 Å². The van der Waals surface area contributed by atoms with E-state index in [0.717, 1.165) is 11.6 Å². The monoisotopic (exact) mass is 264 g/mol. The second-order valence-corrected chi connectivity index (χ2v) is 4.21. The van der Waals surface area contributed by atoms with Crippen molar-refractivity contribution >= 4 is 23.2 Å². The van der Waals surface area contributed by atoms with Gasteiger partial charge in [-0.25, -0.2) is 4.98 Å². The molecule has 1 heterocycles. The van der Waals surface area contributed by atoms with Crippen molar-refractivity contribution in [1.29, 1.82) is 0 Å². The van der Waals surface area contributed by atoms with Gasteiger partial charge in [-0.1, -0.05) is 17.7 Å². The number of nitrogens with one attached hydrogen (secondary N) is 1. The van der Waals surface area contributed by atoms with Crippen LogP contribution in [0.15, 0.2) is 36.5 Å². The number of pyridine rings is 1. The number of nitrogens with zero attached hydrogens (tertiary/aromatic N) is 1. The number of halogens is 2. The zero-order valence-corrected chi connectivity index (χ0v) is 10.3. The van der Waals surface area contributed by atoms with E-state index in [1.54, 1.807) is 12.1 Å². The second-order valence-electron chi connectivity index (χ2n) is 3.80. The van der Waals surface area contributed by atoms with Crippen LogP contribution in [0.4, 0.5) is 10.1 Å². The van der Waals surface area contributed by atoms with E-state index in [9.17, 15) is 9.18 Å². The molecule has 0 unspecified atom stereocenters. The molecule has 0 saturated carbocycles. The Morgan fingerprint density at radius 3 is 2.78 bits per heavy atom. The lowest BCUT2D eigenvalue weighted by Gasteiger charge is -2.07. The molecule has 0 aliphatic heterocycles. The van der Waals surface area contributed by atoms with Crippen molar-refractivity contribution in [1.82, 2.24) is 4.98 Å². The Labute approximate surface area is 109 Å². The summed E-state index contributed by atoms with van der Waals surface area (Å²) in [5.74, 6) is -1.13. The average Bonchev–Trinajstić information content (AvgIpc) is 2.32. The molecule has 3 nitrogen and oxygen atoms in total. The van der Waals surface area contributed by atoms with Crippen LogP contribution in [0.2, 0.25) is 5.02 Å². The van der Waals surface area contributed by atoms with E-state index in [1.165, 1.54) is 12.3 Å². The molecule has 0 aliphatic rings. The van der Waals surface area contributed by atoms with Crippen LogP contribution in [0.1, 0.15) is 15.9 Å². The third kappa shape index (κ3) is 2.84. The van der Waals surface area contributed by atoms with Crippen LogP contribution in [-0.2, 0) is 0 Å². The van der Waals surface area contributed by atoms with E-state index in [-0.39, 0.29) is 5.56 Å². The minimum absolute atomic E-state index is 0.194. The van der Waals surface area contributed by atoms with Gasteiger partial charge in [0.25, 0.3) is 5.91 Å². The van der Waals surface area contributed by atoms with Gasteiger partial charge in [-0.3, -0.25) is 4.79 Å². The van der Waals surface area contributed by atoms with Crippen molar-refractivity contribution in [2.45, 2.75) is 6.92 Å². The van der Waals surface area contributed by atoms with Gasteiger partial charge in [0.05, 0.1) is 10.7 Å². The third-order valence-electron chi connectivity index (χ3n) is 2.36. The van der Waals surface area contributed by atoms with Gasteiger partial charge in [-0.05, 0) is 30.7 Å². The molecule has 0 spiro atoms. The molecule has 18 heavy (non-hydrogen) atoms. The number of amides is 1. The molecule has 92 valence electrons. The summed E-state index contributed by atoms with van der Waals surface area (Å²) in [7, 11) is 0. The molecule has 0 saturated heterocycles. The maximum absolute atomic E-state index is 12.9. The molecule has 1 N–H and O–H groups in total. The van der Waals surface area contributed by atoms with Crippen LogP contribution in [0.5, 0.6) is 0 Å². The van der Waals surface area contributed by atoms with E-state index >= 15 is 0 Å². The van der Waals surface area contributed by atoms with E-state index in [2.05, 4.69) is 10.3 Å². The standard InChI is InChI=1S/C13H10ClFN2O/c1-8-2-3-11(10(14)6-8)17-13(18)9-4-5-16-12(15)7-9/h2-7H,1H3,(H,17,18). The highest BCUT2D eigenvalue weighted by atomic mass is 35.5. The van der Waals surface area contributed by atoms with Crippen LogP contribution in [0.25, 0.3) is 0 Å². The van der Waals surface area contributed by atoms with Crippen LogP contribution >= 0.6 is 11.6 Å². The number of carbonyl (C=O) groups is 1. The summed E-state index contributed by atoms with van der Waals surface area (Å²) >= 11 is 5.99. The Morgan fingerprint density at radius 2 is 2.11 bits per heavy atom. The van der Waals surface area contributed by atoms with Crippen LogP contribution in [-0.4, -0.2) is 10.9 Å². The normalized spacial score (nSPS) is 10.2. The summed E-state index contributed by atoms with van der Waals surface area (Å²) in [5, 5.41) is 3.06. The van der Waals surface area contributed by atoms with E-state index in [0.29, 0.717) is 10.7 Å². The maximum atomic E-state index is 12.9. The third-order valence-corrected chi connectivity index (χ3v) is 2.67.